The molecule has 1 saturated carbocycles. The number of nitrogens with one attached hydrogen (secondary N) is 1. The lowest BCUT2D eigenvalue weighted by Gasteiger charge is -2.31. The van der Waals surface area contributed by atoms with Crippen LogP contribution in [0, 0.1) is 5.82 Å². The summed E-state index contributed by atoms with van der Waals surface area (Å²) in [5, 5.41) is 12.0. The lowest BCUT2D eigenvalue weighted by atomic mass is 9.90. The molecular formula is C8H10FN3O. The quantitative estimate of drug-likeness (QED) is 0.703. The van der Waals surface area contributed by atoms with Gasteiger partial charge in [-0.15, -0.1) is 0 Å². The molecule has 0 saturated heterocycles. The van der Waals surface area contributed by atoms with Gasteiger partial charge in [0.15, 0.2) is 5.82 Å². The zero-order chi connectivity index (χ0) is 9.26. The third-order valence-electron chi connectivity index (χ3n) is 2.07. The monoisotopic (exact) mass is 183 g/mol. The highest BCUT2D eigenvalue weighted by Gasteiger charge is 2.27. The van der Waals surface area contributed by atoms with Gasteiger partial charge in [-0.3, -0.25) is 0 Å². The molecular weight excluding hydrogens is 173 g/mol. The van der Waals surface area contributed by atoms with Crippen molar-refractivity contribution in [2.45, 2.75) is 25.0 Å². The van der Waals surface area contributed by atoms with E-state index in [2.05, 4.69) is 15.3 Å². The Kier molecular flexibility index (Phi) is 2.10. The van der Waals surface area contributed by atoms with Gasteiger partial charge in [0.1, 0.15) is 0 Å². The third-order valence-corrected chi connectivity index (χ3v) is 2.07. The SMILES string of the molecule is OC1CC(Nc2ncc(F)cn2)C1. The topological polar surface area (TPSA) is 58.0 Å². The van der Waals surface area contributed by atoms with E-state index >= 15 is 0 Å². The van der Waals surface area contributed by atoms with Crippen molar-refractivity contribution in [3.63, 3.8) is 0 Å². The number of aliphatic hydroxyl groups is 1. The summed E-state index contributed by atoms with van der Waals surface area (Å²) in [6, 6.07) is 0.223. The summed E-state index contributed by atoms with van der Waals surface area (Å²) >= 11 is 0. The maximum atomic E-state index is 12.4. The van der Waals surface area contributed by atoms with Gasteiger partial charge in [0.25, 0.3) is 0 Å². The van der Waals surface area contributed by atoms with Crippen molar-refractivity contribution in [2.24, 2.45) is 0 Å². The van der Waals surface area contributed by atoms with E-state index in [-0.39, 0.29) is 12.1 Å². The Bertz CT molecular complexity index is 284. The van der Waals surface area contributed by atoms with Crippen molar-refractivity contribution >= 4 is 5.95 Å². The molecule has 1 fully saturated rings. The molecule has 0 aliphatic heterocycles. The van der Waals surface area contributed by atoms with E-state index in [1.165, 1.54) is 0 Å². The van der Waals surface area contributed by atoms with E-state index in [1.54, 1.807) is 0 Å². The summed E-state index contributed by atoms with van der Waals surface area (Å²) in [5.41, 5.74) is 0. The molecule has 0 unspecified atom stereocenters. The molecule has 4 nitrogen and oxygen atoms in total. The lowest BCUT2D eigenvalue weighted by molar-refractivity contribution is 0.0834. The van der Waals surface area contributed by atoms with Crippen LogP contribution >= 0.6 is 0 Å². The molecule has 1 aliphatic rings. The number of halogens is 1. The van der Waals surface area contributed by atoms with Crippen LogP contribution in [0.2, 0.25) is 0 Å². The van der Waals surface area contributed by atoms with Gasteiger partial charge in [0.05, 0.1) is 18.5 Å². The highest BCUT2D eigenvalue weighted by Crippen LogP contribution is 2.22. The molecule has 0 aromatic carbocycles. The Morgan fingerprint density at radius 1 is 1.38 bits per heavy atom. The largest absolute Gasteiger partial charge is 0.393 e. The van der Waals surface area contributed by atoms with Crippen molar-refractivity contribution in [1.82, 2.24) is 9.97 Å². The molecule has 2 N–H and O–H groups in total. The number of nitrogens with zero attached hydrogens (tertiary/aromatic N) is 2. The number of hydrogen-bond acceptors (Lipinski definition) is 4. The van der Waals surface area contributed by atoms with E-state index in [4.69, 9.17) is 5.11 Å². The van der Waals surface area contributed by atoms with Gasteiger partial charge in [-0.1, -0.05) is 0 Å². The standard InChI is InChI=1S/C8H10FN3O/c9-5-3-10-8(11-4-5)12-6-1-7(13)2-6/h3-4,6-7,13H,1-2H2,(H,10,11,12). The van der Waals surface area contributed by atoms with E-state index in [1.807, 2.05) is 0 Å². The first kappa shape index (κ1) is 8.37. The Balaban J connectivity index is 1.91. The minimum Gasteiger partial charge on any atom is -0.393 e. The predicted molar refractivity (Wildman–Crippen MR) is 44.6 cm³/mol. The fraction of sp³-hybridized carbons (Fsp3) is 0.500. The Labute approximate surface area is 74.8 Å². The minimum atomic E-state index is -0.445. The van der Waals surface area contributed by atoms with Gasteiger partial charge < -0.3 is 10.4 Å². The van der Waals surface area contributed by atoms with Gasteiger partial charge in [-0.25, -0.2) is 14.4 Å². The zero-order valence-corrected chi connectivity index (χ0v) is 6.94. The first-order valence-corrected chi connectivity index (χ1v) is 4.16. The van der Waals surface area contributed by atoms with Gasteiger partial charge in [-0.05, 0) is 12.8 Å². The highest BCUT2D eigenvalue weighted by molar-refractivity contribution is 5.25. The second-order valence-corrected chi connectivity index (χ2v) is 3.19. The normalized spacial score (nSPS) is 26.6. The lowest BCUT2D eigenvalue weighted by Crippen LogP contribution is -2.39. The number of aromatic nitrogens is 2. The predicted octanol–water partition coefficient (Wildman–Crippen LogP) is 0.551. The maximum Gasteiger partial charge on any atom is 0.222 e. The molecule has 1 aromatic heterocycles. The fourth-order valence-electron chi connectivity index (χ4n) is 1.28. The van der Waals surface area contributed by atoms with Crippen LogP contribution < -0.4 is 5.32 Å². The van der Waals surface area contributed by atoms with Crippen molar-refractivity contribution < 1.29 is 9.50 Å². The van der Waals surface area contributed by atoms with Crippen molar-refractivity contribution in [1.29, 1.82) is 0 Å². The van der Waals surface area contributed by atoms with Gasteiger partial charge in [0.2, 0.25) is 5.95 Å². The maximum absolute atomic E-state index is 12.4. The van der Waals surface area contributed by atoms with Gasteiger partial charge >= 0.3 is 0 Å². The molecule has 0 bridgehead atoms. The summed E-state index contributed by atoms with van der Waals surface area (Å²) in [7, 11) is 0. The van der Waals surface area contributed by atoms with Gasteiger partial charge in [-0.2, -0.15) is 0 Å². The number of rotatable bonds is 2. The second-order valence-electron chi connectivity index (χ2n) is 3.19. The summed E-state index contributed by atoms with van der Waals surface area (Å²) in [5.74, 6) is -0.0301. The molecule has 0 atom stereocenters. The van der Waals surface area contributed by atoms with E-state index in [0.29, 0.717) is 18.8 Å². The average molecular weight is 183 g/mol. The molecule has 0 amide bonds. The van der Waals surface area contributed by atoms with Crippen LogP contribution in [0.25, 0.3) is 0 Å². The van der Waals surface area contributed by atoms with E-state index in [9.17, 15) is 4.39 Å². The number of aliphatic hydroxyl groups excluding tert-OH is 1. The molecule has 1 aromatic rings. The Morgan fingerprint density at radius 2 is 2.00 bits per heavy atom. The summed E-state index contributed by atoms with van der Waals surface area (Å²) < 4.78 is 12.4. The van der Waals surface area contributed by atoms with Crippen molar-refractivity contribution in [3.8, 4) is 0 Å². The van der Waals surface area contributed by atoms with Crippen molar-refractivity contribution in [3.05, 3.63) is 18.2 Å². The Morgan fingerprint density at radius 3 is 2.54 bits per heavy atom. The van der Waals surface area contributed by atoms with Crippen LogP contribution in [0.3, 0.4) is 0 Å². The van der Waals surface area contributed by atoms with Crippen LogP contribution in [0.4, 0.5) is 10.3 Å². The highest BCUT2D eigenvalue weighted by atomic mass is 19.1. The molecule has 1 heterocycles. The van der Waals surface area contributed by atoms with E-state index in [0.717, 1.165) is 12.4 Å². The van der Waals surface area contributed by atoms with Crippen LogP contribution in [-0.4, -0.2) is 27.2 Å². The molecule has 70 valence electrons. The summed E-state index contributed by atoms with van der Waals surface area (Å²) in [4.78, 5) is 7.49. The number of anilines is 1. The molecule has 1 aliphatic carbocycles. The fourth-order valence-corrected chi connectivity index (χ4v) is 1.28. The third kappa shape index (κ3) is 1.92. The van der Waals surface area contributed by atoms with Crippen LogP contribution in [0.5, 0.6) is 0 Å². The number of hydrogen-bond donors (Lipinski definition) is 2. The zero-order valence-electron chi connectivity index (χ0n) is 6.94. The summed E-state index contributed by atoms with van der Waals surface area (Å²) in [6.45, 7) is 0. The first-order valence-electron chi connectivity index (χ1n) is 4.16. The Hall–Kier alpha value is -1.23. The van der Waals surface area contributed by atoms with E-state index < -0.39 is 5.82 Å². The minimum absolute atomic E-state index is 0.210. The molecule has 2 rings (SSSR count). The van der Waals surface area contributed by atoms with Crippen LogP contribution in [-0.2, 0) is 0 Å². The summed E-state index contributed by atoms with van der Waals surface area (Å²) in [6.07, 6.45) is 3.44. The molecule has 5 heteroatoms. The molecule has 0 radical (unpaired) electrons. The smallest absolute Gasteiger partial charge is 0.222 e. The van der Waals surface area contributed by atoms with Crippen LogP contribution in [0.15, 0.2) is 12.4 Å². The molecule has 13 heavy (non-hydrogen) atoms. The van der Waals surface area contributed by atoms with Crippen LogP contribution in [0.1, 0.15) is 12.8 Å². The van der Waals surface area contributed by atoms with Gasteiger partial charge in [0, 0.05) is 6.04 Å². The van der Waals surface area contributed by atoms with Crippen molar-refractivity contribution in [2.75, 3.05) is 5.32 Å². The molecule has 0 spiro atoms. The average Bonchev–Trinajstić information content (AvgIpc) is 2.06. The second kappa shape index (κ2) is 3.26. The first-order chi connectivity index (χ1) is 6.24.